The smallest absolute Gasteiger partial charge is 0.262 e. The van der Waals surface area contributed by atoms with Gasteiger partial charge in [0, 0.05) is 30.0 Å². The van der Waals surface area contributed by atoms with E-state index in [0.29, 0.717) is 11.4 Å². The van der Waals surface area contributed by atoms with Crippen LogP contribution in [0.5, 0.6) is 0 Å². The number of pyridine rings is 2. The number of hydrogen-bond donors (Lipinski definition) is 1. The summed E-state index contributed by atoms with van der Waals surface area (Å²) in [6.07, 6.45) is 3.46. The number of halogens is 1. The summed E-state index contributed by atoms with van der Waals surface area (Å²) in [5.41, 5.74) is 3.05. The Balaban J connectivity index is 1.88. The largest absolute Gasteiger partial charge is 0.347 e. The highest BCUT2D eigenvalue weighted by molar-refractivity contribution is 9.10. The Morgan fingerprint density at radius 3 is 2.95 bits per heavy atom. The number of hydrogen-bond acceptors (Lipinski definition) is 4. The Kier molecular flexibility index (Phi) is 4.22. The zero-order valence-corrected chi connectivity index (χ0v) is 14.6. The Bertz CT molecular complexity index is 845. The second-order valence-electron chi connectivity index (χ2n) is 5.05. The van der Waals surface area contributed by atoms with Gasteiger partial charge in [0.1, 0.15) is 9.71 Å². The number of rotatable bonds is 3. The van der Waals surface area contributed by atoms with Gasteiger partial charge in [0.05, 0.1) is 4.47 Å². The molecule has 0 radical (unpaired) electrons. The molecular formula is C16H14BrN3OS. The van der Waals surface area contributed by atoms with Crippen LogP contribution in [-0.2, 0) is 6.54 Å². The van der Waals surface area contributed by atoms with Gasteiger partial charge in [-0.15, -0.1) is 11.3 Å². The van der Waals surface area contributed by atoms with E-state index in [-0.39, 0.29) is 5.91 Å². The molecule has 1 amide bonds. The fourth-order valence-corrected chi connectivity index (χ4v) is 4.47. The molecule has 22 heavy (non-hydrogen) atoms. The second kappa shape index (κ2) is 6.14. The molecule has 0 fully saturated rings. The SMILES string of the molecule is Cc1cc(C)c2c(Br)c(C(=O)NCc3cccnc3)sc2n1. The molecule has 0 bridgehead atoms. The highest BCUT2D eigenvalue weighted by Crippen LogP contribution is 2.36. The first-order valence-corrected chi connectivity index (χ1v) is 8.40. The number of amides is 1. The molecule has 4 nitrogen and oxygen atoms in total. The minimum absolute atomic E-state index is 0.101. The summed E-state index contributed by atoms with van der Waals surface area (Å²) < 4.78 is 0.821. The number of aryl methyl sites for hydroxylation is 2. The summed E-state index contributed by atoms with van der Waals surface area (Å²) in [6.45, 7) is 4.45. The van der Waals surface area contributed by atoms with Crippen molar-refractivity contribution < 1.29 is 4.79 Å². The number of thiophene rings is 1. The molecule has 3 heterocycles. The van der Waals surface area contributed by atoms with Crippen LogP contribution in [0, 0.1) is 13.8 Å². The minimum Gasteiger partial charge on any atom is -0.347 e. The summed E-state index contributed by atoms with van der Waals surface area (Å²) in [6, 6.07) is 5.81. The number of fused-ring (bicyclic) bond motifs is 1. The zero-order valence-electron chi connectivity index (χ0n) is 12.2. The van der Waals surface area contributed by atoms with Gasteiger partial charge in [0.2, 0.25) is 0 Å². The molecule has 0 atom stereocenters. The molecule has 3 rings (SSSR count). The van der Waals surface area contributed by atoms with E-state index < -0.39 is 0 Å². The van der Waals surface area contributed by atoms with Crippen LogP contribution in [-0.4, -0.2) is 15.9 Å². The van der Waals surface area contributed by atoms with Gasteiger partial charge in [0.25, 0.3) is 5.91 Å². The maximum atomic E-state index is 12.4. The van der Waals surface area contributed by atoms with Crippen molar-refractivity contribution in [3.05, 3.63) is 56.8 Å². The van der Waals surface area contributed by atoms with E-state index in [9.17, 15) is 4.79 Å². The van der Waals surface area contributed by atoms with Crippen molar-refractivity contribution in [2.45, 2.75) is 20.4 Å². The van der Waals surface area contributed by atoms with Crippen LogP contribution in [0.25, 0.3) is 10.2 Å². The normalized spacial score (nSPS) is 10.9. The lowest BCUT2D eigenvalue weighted by molar-refractivity contribution is 0.0954. The van der Waals surface area contributed by atoms with Gasteiger partial charge in [-0.25, -0.2) is 4.98 Å². The molecule has 0 aliphatic heterocycles. The van der Waals surface area contributed by atoms with Crippen LogP contribution in [0.4, 0.5) is 0 Å². The Hall–Kier alpha value is -1.79. The van der Waals surface area contributed by atoms with E-state index >= 15 is 0 Å². The van der Waals surface area contributed by atoms with Crippen molar-refractivity contribution in [3.8, 4) is 0 Å². The fraction of sp³-hybridized carbons (Fsp3) is 0.188. The van der Waals surface area contributed by atoms with Gasteiger partial charge in [-0.2, -0.15) is 0 Å². The van der Waals surface area contributed by atoms with Crippen LogP contribution < -0.4 is 5.32 Å². The Labute approximate surface area is 140 Å². The maximum absolute atomic E-state index is 12.4. The lowest BCUT2D eigenvalue weighted by atomic mass is 10.2. The van der Waals surface area contributed by atoms with E-state index in [1.807, 2.05) is 32.0 Å². The second-order valence-corrected chi connectivity index (χ2v) is 6.84. The maximum Gasteiger partial charge on any atom is 0.262 e. The summed E-state index contributed by atoms with van der Waals surface area (Å²) in [5, 5.41) is 3.94. The summed E-state index contributed by atoms with van der Waals surface area (Å²) in [4.78, 5) is 22.5. The number of carbonyl (C=O) groups is 1. The Morgan fingerprint density at radius 1 is 1.41 bits per heavy atom. The molecule has 0 unspecified atom stereocenters. The lowest BCUT2D eigenvalue weighted by Crippen LogP contribution is -2.22. The third-order valence-electron chi connectivity index (χ3n) is 3.31. The van der Waals surface area contributed by atoms with Crippen LogP contribution >= 0.6 is 27.3 Å². The van der Waals surface area contributed by atoms with Crippen molar-refractivity contribution in [1.29, 1.82) is 0 Å². The molecule has 0 aliphatic rings. The summed E-state index contributed by atoms with van der Waals surface area (Å²) in [5.74, 6) is -0.101. The van der Waals surface area contributed by atoms with E-state index in [4.69, 9.17) is 0 Å². The molecule has 3 aromatic rings. The third kappa shape index (κ3) is 2.89. The van der Waals surface area contributed by atoms with Crippen LogP contribution in [0.2, 0.25) is 0 Å². The van der Waals surface area contributed by atoms with Crippen LogP contribution in [0.15, 0.2) is 35.1 Å². The van der Waals surface area contributed by atoms with Crippen LogP contribution in [0.3, 0.4) is 0 Å². The van der Waals surface area contributed by atoms with Gasteiger partial charge < -0.3 is 5.32 Å². The predicted octanol–water partition coefficient (Wildman–Crippen LogP) is 4.00. The van der Waals surface area contributed by atoms with Crippen molar-refractivity contribution in [3.63, 3.8) is 0 Å². The molecule has 112 valence electrons. The molecule has 0 aromatic carbocycles. The van der Waals surface area contributed by atoms with E-state index in [1.54, 1.807) is 12.4 Å². The first kappa shape index (κ1) is 15.1. The zero-order chi connectivity index (χ0) is 15.7. The molecule has 6 heteroatoms. The molecule has 1 N–H and O–H groups in total. The summed E-state index contributed by atoms with van der Waals surface area (Å²) >= 11 is 4.96. The lowest BCUT2D eigenvalue weighted by Gasteiger charge is -2.03. The van der Waals surface area contributed by atoms with E-state index in [0.717, 1.165) is 31.5 Å². The van der Waals surface area contributed by atoms with Gasteiger partial charge in [-0.05, 0) is 53.0 Å². The number of nitrogens with zero attached hydrogens (tertiary/aromatic N) is 2. The van der Waals surface area contributed by atoms with Crippen LogP contribution in [0.1, 0.15) is 26.5 Å². The first-order valence-electron chi connectivity index (χ1n) is 6.79. The van der Waals surface area contributed by atoms with Gasteiger partial charge in [-0.3, -0.25) is 9.78 Å². The monoisotopic (exact) mass is 375 g/mol. The molecule has 0 saturated heterocycles. The molecule has 3 aromatic heterocycles. The highest BCUT2D eigenvalue weighted by Gasteiger charge is 2.19. The molecular weight excluding hydrogens is 362 g/mol. The van der Waals surface area contributed by atoms with E-state index in [1.165, 1.54) is 11.3 Å². The van der Waals surface area contributed by atoms with Gasteiger partial charge >= 0.3 is 0 Å². The standard InChI is InChI=1S/C16H14BrN3OS/c1-9-6-10(2)20-16-12(9)13(17)14(22-16)15(21)19-8-11-4-3-5-18-7-11/h3-7H,8H2,1-2H3,(H,19,21). The van der Waals surface area contributed by atoms with Gasteiger partial charge in [0.15, 0.2) is 0 Å². The Morgan fingerprint density at radius 2 is 2.23 bits per heavy atom. The molecule has 0 saturated carbocycles. The quantitative estimate of drug-likeness (QED) is 0.752. The molecule has 0 spiro atoms. The minimum atomic E-state index is -0.101. The fourth-order valence-electron chi connectivity index (χ4n) is 2.31. The number of aromatic nitrogens is 2. The summed E-state index contributed by atoms with van der Waals surface area (Å²) in [7, 11) is 0. The van der Waals surface area contributed by atoms with Crippen molar-refractivity contribution >= 4 is 43.4 Å². The highest BCUT2D eigenvalue weighted by atomic mass is 79.9. The van der Waals surface area contributed by atoms with E-state index in [2.05, 4.69) is 31.2 Å². The molecule has 0 aliphatic carbocycles. The topological polar surface area (TPSA) is 54.9 Å². The van der Waals surface area contributed by atoms with Gasteiger partial charge in [-0.1, -0.05) is 6.07 Å². The van der Waals surface area contributed by atoms with Crippen molar-refractivity contribution in [2.75, 3.05) is 0 Å². The first-order chi connectivity index (χ1) is 10.6. The number of nitrogens with one attached hydrogen (secondary N) is 1. The average Bonchev–Trinajstić information content (AvgIpc) is 2.83. The van der Waals surface area contributed by atoms with Crippen molar-refractivity contribution in [2.24, 2.45) is 0 Å². The third-order valence-corrected chi connectivity index (χ3v) is 5.45. The van der Waals surface area contributed by atoms with Crippen molar-refractivity contribution in [1.82, 2.24) is 15.3 Å². The average molecular weight is 376 g/mol. The number of carbonyl (C=O) groups excluding carboxylic acids is 1. The predicted molar refractivity (Wildman–Crippen MR) is 92.2 cm³/mol.